The summed E-state index contributed by atoms with van der Waals surface area (Å²) in [6.45, 7) is 10.0. The molecular formula is C104H74N12. The summed E-state index contributed by atoms with van der Waals surface area (Å²) in [5.74, 6) is 0.434. The minimum absolute atomic E-state index is 0.217. The van der Waals surface area contributed by atoms with E-state index in [4.69, 9.17) is 59.8 Å². The third kappa shape index (κ3) is 12.8. The van der Waals surface area contributed by atoms with E-state index < -0.39 is 10.8 Å². The van der Waals surface area contributed by atoms with Crippen LogP contribution in [0.1, 0.15) is 49.9 Å². The molecule has 2 atom stereocenters. The molecule has 2 bridgehead atoms. The van der Waals surface area contributed by atoms with Gasteiger partial charge in [-0.05, 0) is 293 Å². The van der Waals surface area contributed by atoms with Crippen molar-refractivity contribution in [2.24, 2.45) is 11.8 Å². The predicted molar refractivity (Wildman–Crippen MR) is 465 cm³/mol. The van der Waals surface area contributed by atoms with Gasteiger partial charge < -0.3 is 0 Å². The number of benzene rings is 6. The maximum atomic E-state index is 5.14. The van der Waals surface area contributed by atoms with Gasteiger partial charge in [0.1, 0.15) is 0 Å². The normalized spacial score (nSPS) is 15.8. The number of nitrogens with zero attached hydrogens (tertiary/aromatic N) is 12. The van der Waals surface area contributed by atoms with Gasteiger partial charge in [-0.2, -0.15) is 0 Å². The van der Waals surface area contributed by atoms with E-state index in [-0.39, 0.29) is 11.8 Å². The molecule has 3 aliphatic carbocycles. The quantitative estimate of drug-likeness (QED) is 0.0904. The molecule has 0 aliphatic heterocycles. The Hall–Kier alpha value is -14.9. The summed E-state index contributed by atoms with van der Waals surface area (Å²) in [5, 5.41) is 0. The fourth-order valence-electron chi connectivity index (χ4n) is 17.5. The Kier molecular flexibility index (Phi) is 17.8. The second-order valence-electron chi connectivity index (χ2n) is 30.4. The van der Waals surface area contributed by atoms with E-state index in [0.717, 1.165) is 180 Å². The van der Waals surface area contributed by atoms with Crippen LogP contribution >= 0.6 is 0 Å². The number of hydrogen-bond donors (Lipinski definition) is 0. The van der Waals surface area contributed by atoms with Crippen molar-refractivity contribution in [2.75, 3.05) is 0 Å². The molecule has 0 radical (unpaired) electrons. The van der Waals surface area contributed by atoms with Crippen LogP contribution in [0.4, 0.5) is 0 Å². The first-order chi connectivity index (χ1) is 57.0. The maximum Gasteiger partial charge on any atom is 0.0900 e. The molecule has 0 saturated heterocycles. The van der Waals surface area contributed by atoms with Gasteiger partial charge in [-0.15, -0.1) is 0 Å². The standard InChI is InChI=1S/C104H74N12/c1-65-66(2)104(4)85-63-81(73-41-33-69(34-42-73)77-57-99(91-25-9-17-49-109-91)115-100(58-77)92-26-10-18-50-110-92)79(71-37-29-67(30-38-71)75-53-95(87-21-5-13-45-105-87)113-96(54-75)88-22-6-14-46-106-88)61-83(85)103(65,3)84-62-80(72-39-31-68(32-40-72)76-55-97(89-23-7-15-47-107-89)114-98(56-76)90-24-8-16-48-108-90)82(64-86(84)104)74-43-35-70(36-44-74)78-59-101(93-27-11-19-51-111-93)116-102(60-78)94-28-12-20-52-112-94/h5-66H,1-4H3. The van der Waals surface area contributed by atoms with Gasteiger partial charge in [-0.1, -0.05) is 173 Å². The Bertz CT molecular complexity index is 5650. The van der Waals surface area contributed by atoms with Crippen molar-refractivity contribution in [3.63, 3.8) is 0 Å². The summed E-state index contributed by atoms with van der Waals surface area (Å²) >= 11 is 0. The van der Waals surface area contributed by atoms with E-state index in [1.54, 1.807) is 0 Å². The monoisotopic (exact) mass is 1490 g/mol. The van der Waals surface area contributed by atoms with Crippen LogP contribution in [-0.4, -0.2) is 59.8 Å². The molecular weight excluding hydrogens is 1420 g/mol. The van der Waals surface area contributed by atoms with Crippen molar-refractivity contribution < 1.29 is 0 Å². The molecule has 0 N–H and O–H groups in total. The molecule has 12 nitrogen and oxygen atoms in total. The van der Waals surface area contributed by atoms with Gasteiger partial charge in [-0.3, -0.25) is 39.9 Å². The molecule has 12 aromatic heterocycles. The molecule has 0 saturated carbocycles. The van der Waals surface area contributed by atoms with E-state index in [2.05, 4.69) is 198 Å². The smallest absolute Gasteiger partial charge is 0.0900 e. The predicted octanol–water partition coefficient (Wildman–Crippen LogP) is 24.3. The lowest BCUT2D eigenvalue weighted by Gasteiger charge is -2.61. The fraction of sp³-hybridized carbons (Fsp3) is 0.0769. The largest absolute Gasteiger partial charge is 0.255 e. The fourth-order valence-corrected chi connectivity index (χ4v) is 17.5. The molecule has 6 aromatic carbocycles. The number of aromatic nitrogens is 12. The Morgan fingerprint density at radius 3 is 0.474 bits per heavy atom. The van der Waals surface area contributed by atoms with Crippen molar-refractivity contribution in [2.45, 2.75) is 38.5 Å². The molecule has 3 aliphatic rings. The average molecular weight is 1490 g/mol. The zero-order valence-corrected chi connectivity index (χ0v) is 64.2. The molecule has 0 fully saturated rings. The van der Waals surface area contributed by atoms with Crippen LogP contribution in [0.3, 0.4) is 0 Å². The molecule has 18 aromatic rings. The van der Waals surface area contributed by atoms with Crippen LogP contribution in [0, 0.1) is 11.8 Å². The van der Waals surface area contributed by atoms with E-state index in [1.165, 1.54) is 22.3 Å². The first kappa shape index (κ1) is 70.3. The van der Waals surface area contributed by atoms with Gasteiger partial charge in [0.15, 0.2) is 0 Å². The highest BCUT2D eigenvalue weighted by atomic mass is 14.8. The summed E-state index contributed by atoms with van der Waals surface area (Å²) in [6.07, 6.45) is 14.5. The lowest BCUT2D eigenvalue weighted by Crippen LogP contribution is -2.56. The summed E-state index contributed by atoms with van der Waals surface area (Å²) in [5.41, 5.74) is 34.2. The highest BCUT2D eigenvalue weighted by molar-refractivity contribution is 5.93. The lowest BCUT2D eigenvalue weighted by atomic mass is 9.42. The van der Waals surface area contributed by atoms with Crippen molar-refractivity contribution >= 4 is 0 Å². The summed E-state index contributed by atoms with van der Waals surface area (Å²) in [6, 6.07) is 111. The summed E-state index contributed by atoms with van der Waals surface area (Å²) in [4.78, 5) is 58.6. The highest BCUT2D eigenvalue weighted by Gasteiger charge is 2.59. The second-order valence-corrected chi connectivity index (χ2v) is 30.4. The minimum Gasteiger partial charge on any atom is -0.255 e. The molecule has 12 heterocycles. The highest BCUT2D eigenvalue weighted by Crippen LogP contribution is 2.66. The van der Waals surface area contributed by atoms with Gasteiger partial charge in [-0.25, -0.2) is 19.9 Å². The van der Waals surface area contributed by atoms with Crippen molar-refractivity contribution in [3.8, 4) is 180 Å². The van der Waals surface area contributed by atoms with E-state index >= 15 is 0 Å². The number of fused-ring (bicyclic) bond motifs is 1. The van der Waals surface area contributed by atoms with Gasteiger partial charge in [0.25, 0.3) is 0 Å². The Labute approximate surface area is 673 Å². The zero-order chi connectivity index (χ0) is 77.9. The van der Waals surface area contributed by atoms with Crippen LogP contribution in [0.15, 0.2) is 365 Å². The topological polar surface area (TPSA) is 155 Å². The number of rotatable bonds is 16. The summed E-state index contributed by atoms with van der Waals surface area (Å²) < 4.78 is 0. The number of hydrogen-bond acceptors (Lipinski definition) is 12. The second kappa shape index (κ2) is 29.3. The van der Waals surface area contributed by atoms with E-state index in [0.29, 0.717) is 0 Å². The molecule has 12 heteroatoms. The first-order valence-electron chi connectivity index (χ1n) is 39.2. The molecule has 550 valence electrons. The Balaban J connectivity index is 0.761. The van der Waals surface area contributed by atoms with Crippen LogP contribution in [-0.2, 0) is 10.8 Å². The van der Waals surface area contributed by atoms with Gasteiger partial charge in [0, 0.05) is 60.4 Å². The van der Waals surface area contributed by atoms with Crippen LogP contribution in [0.2, 0.25) is 0 Å². The van der Waals surface area contributed by atoms with Crippen LogP contribution in [0.5, 0.6) is 0 Å². The molecule has 2 unspecified atom stereocenters. The third-order valence-electron chi connectivity index (χ3n) is 24.0. The van der Waals surface area contributed by atoms with Crippen molar-refractivity contribution in [1.29, 1.82) is 0 Å². The van der Waals surface area contributed by atoms with Crippen molar-refractivity contribution in [3.05, 3.63) is 387 Å². The minimum atomic E-state index is -0.465. The van der Waals surface area contributed by atoms with Gasteiger partial charge in [0.2, 0.25) is 0 Å². The summed E-state index contributed by atoms with van der Waals surface area (Å²) in [7, 11) is 0. The number of pyridine rings is 12. The van der Waals surface area contributed by atoms with Gasteiger partial charge >= 0.3 is 0 Å². The third-order valence-corrected chi connectivity index (χ3v) is 24.0. The zero-order valence-electron chi connectivity index (χ0n) is 64.2. The maximum absolute atomic E-state index is 5.14. The average Bonchev–Trinajstić information content (AvgIpc) is 0.663. The lowest BCUT2D eigenvalue weighted by molar-refractivity contribution is 0.143. The first-order valence-corrected chi connectivity index (χ1v) is 39.2. The molecule has 21 rings (SSSR count). The van der Waals surface area contributed by atoms with Crippen molar-refractivity contribution in [1.82, 2.24) is 59.8 Å². The Morgan fingerprint density at radius 2 is 0.328 bits per heavy atom. The van der Waals surface area contributed by atoms with E-state index in [9.17, 15) is 0 Å². The molecule has 0 amide bonds. The molecule has 116 heavy (non-hydrogen) atoms. The van der Waals surface area contributed by atoms with Crippen LogP contribution < -0.4 is 0 Å². The SMILES string of the molecule is CC1C(C)C2(C)c3cc(-c4ccc(-c5cc(-c6ccccn6)nc(-c6ccccn6)c5)cc4)c(-c4ccc(-c5cc(-c6ccccn6)nc(-c6ccccn6)c5)cc4)cc3C1(C)c1cc(-c3ccc(-c4cc(-c5ccccn5)nc(-c5ccccn5)c4)cc3)c(-c3ccc(-c4cc(-c5ccccn5)nc(-c5ccccn5)c4)cc3)cc12. The van der Waals surface area contributed by atoms with Gasteiger partial charge in [0.05, 0.1) is 91.1 Å². The van der Waals surface area contributed by atoms with E-state index in [1.807, 2.05) is 195 Å². The molecule has 0 spiro atoms. The van der Waals surface area contributed by atoms with Crippen LogP contribution in [0.25, 0.3) is 180 Å². The Morgan fingerprint density at radius 1 is 0.172 bits per heavy atom.